The van der Waals surface area contributed by atoms with Crippen molar-refractivity contribution in [1.82, 2.24) is 19.9 Å². The summed E-state index contributed by atoms with van der Waals surface area (Å²) in [6.45, 7) is 8.84. The van der Waals surface area contributed by atoms with Gasteiger partial charge in [0, 0.05) is 6.54 Å². The highest BCUT2D eigenvalue weighted by Gasteiger charge is 2.38. The Kier molecular flexibility index (Phi) is 3.80. The number of ketones is 1. The van der Waals surface area contributed by atoms with Gasteiger partial charge in [-0.1, -0.05) is 12.1 Å². The molecular weight excluding hydrogens is 228 g/mol. The largest absolute Gasteiger partial charge is 0.291 e. The minimum absolute atomic E-state index is 0.128. The van der Waals surface area contributed by atoms with E-state index < -0.39 is 5.54 Å². The molecule has 1 aliphatic rings. The molecule has 1 fully saturated rings. The average Bonchev–Trinajstić information content (AvgIpc) is 2.99. The van der Waals surface area contributed by atoms with Crippen molar-refractivity contribution in [3.63, 3.8) is 0 Å². The molecule has 1 saturated heterocycles. The Morgan fingerprint density at radius 1 is 1.39 bits per heavy atom. The third-order valence-corrected chi connectivity index (χ3v) is 3.74. The highest BCUT2D eigenvalue weighted by molar-refractivity contribution is 6.01. The van der Waals surface area contributed by atoms with Crippen LogP contribution < -0.4 is 0 Å². The van der Waals surface area contributed by atoms with Gasteiger partial charge in [0.15, 0.2) is 0 Å². The molecule has 100 valence electrons. The van der Waals surface area contributed by atoms with Crippen LogP contribution >= 0.6 is 0 Å². The number of aromatic nitrogens is 3. The number of nitrogens with zero attached hydrogens (tertiary/aromatic N) is 4. The van der Waals surface area contributed by atoms with Crippen LogP contribution in [0.15, 0.2) is 6.20 Å². The van der Waals surface area contributed by atoms with E-state index in [0.29, 0.717) is 5.69 Å². The highest BCUT2D eigenvalue weighted by Crippen LogP contribution is 2.24. The second kappa shape index (κ2) is 5.18. The van der Waals surface area contributed by atoms with Gasteiger partial charge >= 0.3 is 0 Å². The summed E-state index contributed by atoms with van der Waals surface area (Å²) in [5, 5.41) is 7.87. The number of hydrogen-bond acceptors (Lipinski definition) is 4. The number of aryl methyl sites for hydroxylation is 1. The molecule has 0 bridgehead atoms. The Labute approximate surface area is 108 Å². The number of carbonyl (C=O) groups is 1. The molecule has 0 amide bonds. The Bertz CT molecular complexity index is 418. The molecule has 5 nitrogen and oxygen atoms in total. The van der Waals surface area contributed by atoms with Crippen molar-refractivity contribution in [2.24, 2.45) is 0 Å². The van der Waals surface area contributed by atoms with Gasteiger partial charge < -0.3 is 0 Å². The van der Waals surface area contributed by atoms with Gasteiger partial charge in [-0.05, 0) is 46.2 Å². The molecule has 0 N–H and O–H groups in total. The first kappa shape index (κ1) is 13.2. The van der Waals surface area contributed by atoms with E-state index in [9.17, 15) is 4.79 Å². The van der Waals surface area contributed by atoms with Gasteiger partial charge in [0.2, 0.25) is 5.78 Å². The third-order valence-electron chi connectivity index (χ3n) is 3.74. The van der Waals surface area contributed by atoms with E-state index in [1.807, 2.05) is 13.8 Å². The number of carbonyl (C=O) groups excluding carboxylic acids is 1. The molecule has 0 aromatic carbocycles. The molecule has 0 radical (unpaired) electrons. The van der Waals surface area contributed by atoms with E-state index in [2.05, 4.69) is 22.1 Å². The third kappa shape index (κ3) is 2.32. The zero-order valence-electron chi connectivity index (χ0n) is 11.5. The van der Waals surface area contributed by atoms with Crippen molar-refractivity contribution in [1.29, 1.82) is 0 Å². The quantitative estimate of drug-likeness (QED) is 0.747. The fourth-order valence-corrected chi connectivity index (χ4v) is 2.54. The van der Waals surface area contributed by atoms with Crippen molar-refractivity contribution in [3.05, 3.63) is 11.9 Å². The van der Waals surface area contributed by atoms with Gasteiger partial charge in [-0.25, -0.2) is 4.68 Å². The maximum absolute atomic E-state index is 12.7. The highest BCUT2D eigenvalue weighted by atomic mass is 16.1. The average molecular weight is 250 g/mol. The number of hydrogen-bond donors (Lipinski definition) is 0. The lowest BCUT2D eigenvalue weighted by Crippen LogP contribution is -2.49. The minimum atomic E-state index is -0.455. The number of rotatable bonds is 5. The van der Waals surface area contributed by atoms with Gasteiger partial charge in [0.25, 0.3) is 0 Å². The Balaban J connectivity index is 2.21. The predicted molar refractivity (Wildman–Crippen MR) is 69.5 cm³/mol. The predicted octanol–water partition coefficient (Wildman–Crippen LogP) is 1.75. The topological polar surface area (TPSA) is 51.0 Å². The first-order valence-electron chi connectivity index (χ1n) is 6.75. The maximum atomic E-state index is 12.7. The first-order valence-corrected chi connectivity index (χ1v) is 6.75. The maximum Gasteiger partial charge on any atom is 0.202 e. The van der Waals surface area contributed by atoms with Crippen molar-refractivity contribution in [2.75, 3.05) is 13.1 Å². The van der Waals surface area contributed by atoms with Crippen LogP contribution in [0.5, 0.6) is 0 Å². The first-order chi connectivity index (χ1) is 8.57. The fourth-order valence-electron chi connectivity index (χ4n) is 2.54. The van der Waals surface area contributed by atoms with Crippen LogP contribution in [0.25, 0.3) is 0 Å². The fraction of sp³-hybridized carbons (Fsp3) is 0.769. The molecule has 18 heavy (non-hydrogen) atoms. The van der Waals surface area contributed by atoms with Gasteiger partial charge in [-0.15, -0.1) is 5.10 Å². The van der Waals surface area contributed by atoms with E-state index in [1.54, 1.807) is 10.9 Å². The molecule has 5 heteroatoms. The second-order valence-corrected chi connectivity index (χ2v) is 5.42. The zero-order chi connectivity index (χ0) is 13.2. The van der Waals surface area contributed by atoms with Crippen LogP contribution in [0.4, 0.5) is 0 Å². The molecule has 1 aromatic heterocycles. The molecular formula is C13H22N4O. The molecule has 1 aliphatic heterocycles. The molecule has 0 saturated carbocycles. The monoisotopic (exact) mass is 250 g/mol. The molecule has 2 rings (SSSR count). The summed E-state index contributed by atoms with van der Waals surface area (Å²) in [6, 6.07) is 0. The second-order valence-electron chi connectivity index (χ2n) is 5.42. The summed E-state index contributed by atoms with van der Waals surface area (Å²) in [5.41, 5.74) is 0.178. The smallest absolute Gasteiger partial charge is 0.202 e. The summed E-state index contributed by atoms with van der Waals surface area (Å²) >= 11 is 0. The Morgan fingerprint density at radius 3 is 2.67 bits per heavy atom. The van der Waals surface area contributed by atoms with Crippen molar-refractivity contribution < 1.29 is 4.79 Å². The molecule has 0 unspecified atom stereocenters. The lowest BCUT2D eigenvalue weighted by Gasteiger charge is -2.33. The molecule has 1 aromatic rings. The van der Waals surface area contributed by atoms with Crippen molar-refractivity contribution in [3.8, 4) is 0 Å². The van der Waals surface area contributed by atoms with Crippen molar-refractivity contribution in [2.45, 2.75) is 52.1 Å². The zero-order valence-corrected chi connectivity index (χ0v) is 11.5. The van der Waals surface area contributed by atoms with Gasteiger partial charge in [-0.3, -0.25) is 9.69 Å². The Morgan fingerprint density at radius 2 is 2.06 bits per heavy atom. The minimum Gasteiger partial charge on any atom is -0.291 e. The van der Waals surface area contributed by atoms with E-state index in [1.165, 1.54) is 12.8 Å². The van der Waals surface area contributed by atoms with Crippen LogP contribution in [-0.4, -0.2) is 44.3 Å². The van der Waals surface area contributed by atoms with Gasteiger partial charge in [-0.2, -0.15) is 0 Å². The SMILES string of the molecule is CCCn1nncc1C(=O)C(C)(C)N1CCCC1. The van der Waals surface area contributed by atoms with E-state index >= 15 is 0 Å². The summed E-state index contributed by atoms with van der Waals surface area (Å²) in [6.07, 6.45) is 4.91. The normalized spacial score (nSPS) is 17.3. The van der Waals surface area contributed by atoms with Crippen LogP contribution in [0.3, 0.4) is 0 Å². The van der Waals surface area contributed by atoms with Crippen LogP contribution in [0, 0.1) is 0 Å². The van der Waals surface area contributed by atoms with E-state index in [0.717, 1.165) is 26.1 Å². The molecule has 2 heterocycles. The van der Waals surface area contributed by atoms with Crippen LogP contribution in [-0.2, 0) is 6.54 Å². The van der Waals surface area contributed by atoms with Crippen LogP contribution in [0.1, 0.15) is 50.5 Å². The van der Waals surface area contributed by atoms with E-state index in [4.69, 9.17) is 0 Å². The standard InChI is InChI=1S/C13H22N4O/c1-4-7-17-11(10-14-15-17)12(18)13(2,3)16-8-5-6-9-16/h10H,4-9H2,1-3H3. The molecule has 0 aliphatic carbocycles. The van der Waals surface area contributed by atoms with Gasteiger partial charge in [0.1, 0.15) is 5.69 Å². The summed E-state index contributed by atoms with van der Waals surface area (Å²) in [7, 11) is 0. The Hall–Kier alpha value is -1.23. The van der Waals surface area contributed by atoms with Crippen LogP contribution in [0.2, 0.25) is 0 Å². The lowest BCUT2D eigenvalue weighted by atomic mass is 9.95. The number of likely N-dealkylation sites (tertiary alicyclic amines) is 1. The van der Waals surface area contributed by atoms with Gasteiger partial charge in [0.05, 0.1) is 11.7 Å². The molecule has 0 atom stereocenters. The lowest BCUT2D eigenvalue weighted by molar-refractivity contribution is 0.0690. The molecule has 0 spiro atoms. The summed E-state index contributed by atoms with van der Waals surface area (Å²) < 4.78 is 1.72. The summed E-state index contributed by atoms with van der Waals surface area (Å²) in [4.78, 5) is 14.9. The van der Waals surface area contributed by atoms with E-state index in [-0.39, 0.29) is 5.78 Å². The number of Topliss-reactive ketones (excluding diaryl/α,β-unsaturated/α-hetero) is 1. The summed E-state index contributed by atoms with van der Waals surface area (Å²) in [5.74, 6) is 0.128. The van der Waals surface area contributed by atoms with Crippen molar-refractivity contribution >= 4 is 5.78 Å².